The van der Waals surface area contributed by atoms with E-state index in [2.05, 4.69) is 152 Å². The van der Waals surface area contributed by atoms with Gasteiger partial charge in [-0.05, 0) is 35.5 Å². The molecule has 3 fully saturated rings. The van der Waals surface area contributed by atoms with Gasteiger partial charge in [0.05, 0.1) is 10.3 Å². The summed E-state index contributed by atoms with van der Waals surface area (Å²) in [6.07, 6.45) is 0. The number of fused-ring (bicyclic) bond motifs is 5. The van der Waals surface area contributed by atoms with E-state index in [0.29, 0.717) is 0 Å². The SMILES string of the molecule is O=C1SC2(c3ccccc3)SC1(c1ccccc1)C1(c3ccccc3)P(c3ccccc3)C21c1ccccc1. The van der Waals surface area contributed by atoms with Crippen LogP contribution in [0.25, 0.3) is 0 Å². The van der Waals surface area contributed by atoms with Crippen LogP contribution in [0, 0.1) is 0 Å². The van der Waals surface area contributed by atoms with Crippen LogP contribution in [0.4, 0.5) is 0 Å². The van der Waals surface area contributed by atoms with Gasteiger partial charge in [-0.1, -0.05) is 163 Å². The van der Waals surface area contributed by atoms with Crippen LogP contribution in [0.2, 0.25) is 0 Å². The summed E-state index contributed by atoms with van der Waals surface area (Å²) < 4.78 is -1.20. The molecule has 5 aromatic rings. The Kier molecular flexibility index (Phi) is 5.15. The van der Waals surface area contributed by atoms with Crippen LogP contribution >= 0.6 is 31.4 Å². The normalized spacial score (nSPS) is 32.1. The molecule has 5 atom stereocenters. The maximum Gasteiger partial charge on any atom is 0.212 e. The zero-order valence-corrected chi connectivity index (χ0v) is 23.6. The molecule has 0 aromatic heterocycles. The van der Waals surface area contributed by atoms with Gasteiger partial charge in [0.1, 0.15) is 8.83 Å². The molecule has 0 N–H and O–H groups in total. The monoisotopic (exact) mass is 556 g/mol. The van der Waals surface area contributed by atoms with Gasteiger partial charge in [0.15, 0.2) is 0 Å². The van der Waals surface area contributed by atoms with Crippen LogP contribution in [-0.4, -0.2) is 5.12 Å². The number of benzene rings is 5. The fourth-order valence-corrected chi connectivity index (χ4v) is 17.7. The Morgan fingerprint density at radius 2 is 0.872 bits per heavy atom. The summed E-state index contributed by atoms with van der Waals surface area (Å²) in [6.45, 7) is 0. The second-order valence-corrected chi connectivity index (χ2v) is 15.7. The minimum Gasteiger partial charge on any atom is -0.285 e. The molecule has 5 aromatic carbocycles. The van der Waals surface area contributed by atoms with E-state index in [1.165, 1.54) is 22.0 Å². The average molecular weight is 557 g/mol. The lowest BCUT2D eigenvalue weighted by molar-refractivity contribution is -0.114. The molecule has 5 unspecified atom stereocenters. The summed E-state index contributed by atoms with van der Waals surface area (Å²) in [5.74, 6) is 0. The van der Waals surface area contributed by atoms with Gasteiger partial charge in [-0.15, -0.1) is 11.8 Å². The highest BCUT2D eigenvalue weighted by Crippen LogP contribution is 3.10. The minimum absolute atomic E-state index is 0.277. The van der Waals surface area contributed by atoms with Gasteiger partial charge in [-0.25, -0.2) is 0 Å². The third-order valence-corrected chi connectivity index (χ3v) is 16.7. The molecule has 2 bridgehead atoms. The molecule has 3 heterocycles. The third-order valence-electron chi connectivity index (χ3n) is 8.68. The summed E-state index contributed by atoms with van der Waals surface area (Å²) >= 11 is 3.50. The number of hydrogen-bond acceptors (Lipinski definition) is 3. The van der Waals surface area contributed by atoms with Gasteiger partial charge in [0.2, 0.25) is 5.12 Å². The first-order valence-electron chi connectivity index (χ1n) is 13.2. The van der Waals surface area contributed by atoms with Gasteiger partial charge in [-0.3, -0.25) is 4.79 Å². The summed E-state index contributed by atoms with van der Waals surface area (Å²) in [4.78, 5) is 14.9. The maximum atomic E-state index is 14.9. The van der Waals surface area contributed by atoms with E-state index in [9.17, 15) is 4.79 Å². The molecule has 8 rings (SSSR count). The van der Waals surface area contributed by atoms with Gasteiger partial charge in [-0.2, -0.15) is 0 Å². The Morgan fingerprint density at radius 1 is 0.462 bits per heavy atom. The second kappa shape index (κ2) is 8.45. The predicted molar refractivity (Wildman–Crippen MR) is 166 cm³/mol. The number of carbonyl (C=O) groups is 1. The van der Waals surface area contributed by atoms with E-state index < -0.39 is 21.9 Å². The standard InChI is InChI=1S/C35H25OPS2/c36-31-32(26-16-6-1-7-17-26)33(27-18-8-2-9-19-27)34(28-20-10-3-11-21-28,37(33)30-24-14-5-15-25-30)35(38-31,39-32)29-22-12-4-13-23-29/h1-25H. The largest absolute Gasteiger partial charge is 0.285 e. The first-order chi connectivity index (χ1) is 19.2. The van der Waals surface area contributed by atoms with E-state index in [0.717, 1.165) is 5.56 Å². The summed E-state index contributed by atoms with van der Waals surface area (Å²) in [5, 5.41) is 0.929. The lowest BCUT2D eigenvalue weighted by Gasteiger charge is -2.39. The lowest BCUT2D eigenvalue weighted by Crippen LogP contribution is -2.46. The molecule has 4 heteroatoms. The zero-order valence-electron chi connectivity index (χ0n) is 21.1. The van der Waals surface area contributed by atoms with E-state index in [-0.39, 0.29) is 10.3 Å². The molecule has 3 aliphatic heterocycles. The van der Waals surface area contributed by atoms with Crippen molar-refractivity contribution >= 4 is 41.9 Å². The van der Waals surface area contributed by atoms with E-state index in [4.69, 9.17) is 0 Å². The van der Waals surface area contributed by atoms with Gasteiger partial charge in [0, 0.05) is 0 Å². The molecule has 0 spiro atoms. The van der Waals surface area contributed by atoms with Crippen LogP contribution in [0.15, 0.2) is 152 Å². The zero-order chi connectivity index (χ0) is 26.1. The minimum atomic E-state index is -0.854. The Hall–Kier alpha value is -3.10. The quantitative estimate of drug-likeness (QED) is 0.203. The fourth-order valence-electron chi connectivity index (χ4n) is 7.44. The predicted octanol–water partition coefficient (Wildman–Crippen LogP) is 8.37. The summed E-state index contributed by atoms with van der Waals surface area (Å²) in [6, 6.07) is 54.6. The fraction of sp³-hybridized carbons (Fsp3) is 0.114. The molecule has 0 amide bonds. The van der Waals surface area contributed by atoms with Gasteiger partial charge < -0.3 is 0 Å². The van der Waals surface area contributed by atoms with E-state index in [1.54, 1.807) is 11.8 Å². The van der Waals surface area contributed by atoms with Crippen molar-refractivity contribution in [2.45, 2.75) is 19.1 Å². The van der Waals surface area contributed by atoms with Crippen molar-refractivity contribution in [2.24, 2.45) is 0 Å². The van der Waals surface area contributed by atoms with Crippen molar-refractivity contribution in [1.29, 1.82) is 0 Å². The Labute approximate surface area is 238 Å². The molecular formula is C35H25OPS2. The summed E-state index contributed by atoms with van der Waals surface area (Å²) in [5.41, 5.74) is 4.95. The highest BCUT2D eigenvalue weighted by atomic mass is 32.2. The lowest BCUT2D eigenvalue weighted by atomic mass is 9.69. The molecule has 0 radical (unpaired) electrons. The van der Waals surface area contributed by atoms with Crippen LogP contribution in [-0.2, 0) is 23.9 Å². The molecule has 39 heavy (non-hydrogen) atoms. The average Bonchev–Trinajstić information content (AvgIpc) is 3.48. The van der Waals surface area contributed by atoms with Crippen molar-refractivity contribution in [1.82, 2.24) is 0 Å². The molecule has 3 aliphatic rings. The summed E-state index contributed by atoms with van der Waals surface area (Å²) in [7, 11) is -0.854. The third kappa shape index (κ3) is 2.67. The molecule has 188 valence electrons. The van der Waals surface area contributed by atoms with Crippen molar-refractivity contribution in [3.8, 4) is 0 Å². The topological polar surface area (TPSA) is 17.1 Å². The number of thioether (sulfide) groups is 2. The second-order valence-electron chi connectivity index (χ2n) is 10.3. The van der Waals surface area contributed by atoms with Crippen molar-refractivity contribution in [3.63, 3.8) is 0 Å². The van der Waals surface area contributed by atoms with Crippen LogP contribution < -0.4 is 5.30 Å². The number of rotatable bonds is 5. The van der Waals surface area contributed by atoms with Crippen LogP contribution in [0.5, 0.6) is 0 Å². The highest BCUT2D eigenvalue weighted by Gasteiger charge is 3.00. The van der Waals surface area contributed by atoms with Crippen molar-refractivity contribution < 1.29 is 4.79 Å². The smallest absolute Gasteiger partial charge is 0.212 e. The number of hydrogen-bond donors (Lipinski definition) is 0. The Bertz CT molecular complexity index is 1680. The first kappa shape index (κ1) is 23.8. The Balaban J connectivity index is 1.59. The molecule has 0 saturated carbocycles. The highest BCUT2D eigenvalue weighted by molar-refractivity contribution is 8.32. The van der Waals surface area contributed by atoms with Gasteiger partial charge >= 0.3 is 0 Å². The Morgan fingerprint density at radius 3 is 1.38 bits per heavy atom. The van der Waals surface area contributed by atoms with Crippen LogP contribution in [0.3, 0.4) is 0 Å². The van der Waals surface area contributed by atoms with E-state index >= 15 is 0 Å². The molecule has 3 saturated heterocycles. The molecule has 1 nitrogen and oxygen atoms in total. The van der Waals surface area contributed by atoms with Crippen LogP contribution in [0.1, 0.15) is 22.3 Å². The first-order valence-corrected chi connectivity index (χ1v) is 16.2. The number of carbonyl (C=O) groups excluding carboxylic acids is 1. The maximum absolute atomic E-state index is 14.9. The van der Waals surface area contributed by atoms with Crippen molar-refractivity contribution in [3.05, 3.63) is 174 Å². The molecule has 0 aliphatic carbocycles. The van der Waals surface area contributed by atoms with Gasteiger partial charge in [0.25, 0.3) is 0 Å². The van der Waals surface area contributed by atoms with Crippen molar-refractivity contribution in [2.75, 3.05) is 0 Å². The molecular weight excluding hydrogens is 531 g/mol. The van der Waals surface area contributed by atoms with E-state index in [1.807, 2.05) is 11.8 Å².